The lowest BCUT2D eigenvalue weighted by Gasteiger charge is -2.19. The second kappa shape index (κ2) is 5.87. The standard InChI is InChI=1S/C14H20N2O2/c1-16(10-12-4-2-3-5-13(12)17)14(18)8-11-6-7-15-9-11/h2-5,11,15,17H,6-10H2,1H3. The molecule has 1 aliphatic rings. The molecule has 0 bridgehead atoms. The predicted octanol–water partition coefficient (Wildman–Crippen LogP) is 1.35. The Morgan fingerprint density at radius 3 is 2.94 bits per heavy atom. The minimum Gasteiger partial charge on any atom is -0.508 e. The lowest BCUT2D eigenvalue weighted by molar-refractivity contribution is -0.131. The monoisotopic (exact) mass is 248 g/mol. The third-order valence-electron chi connectivity index (χ3n) is 3.45. The van der Waals surface area contributed by atoms with Gasteiger partial charge in [-0.05, 0) is 31.5 Å². The van der Waals surface area contributed by atoms with Crippen LogP contribution in [0.1, 0.15) is 18.4 Å². The number of phenolic OH excluding ortho intramolecular Hbond substituents is 1. The number of carbonyl (C=O) groups excluding carboxylic acids is 1. The highest BCUT2D eigenvalue weighted by Crippen LogP contribution is 2.19. The number of benzene rings is 1. The fourth-order valence-electron chi connectivity index (χ4n) is 2.28. The largest absolute Gasteiger partial charge is 0.508 e. The SMILES string of the molecule is CN(Cc1ccccc1O)C(=O)CC1CCNC1. The molecule has 1 aromatic carbocycles. The molecule has 0 aromatic heterocycles. The van der Waals surface area contributed by atoms with Crippen LogP contribution in [0, 0.1) is 5.92 Å². The molecule has 1 heterocycles. The van der Waals surface area contributed by atoms with Gasteiger partial charge in [0, 0.05) is 25.6 Å². The van der Waals surface area contributed by atoms with Crippen LogP contribution < -0.4 is 5.32 Å². The first-order chi connectivity index (χ1) is 8.66. The Morgan fingerprint density at radius 2 is 2.28 bits per heavy atom. The van der Waals surface area contributed by atoms with Gasteiger partial charge >= 0.3 is 0 Å². The summed E-state index contributed by atoms with van der Waals surface area (Å²) >= 11 is 0. The first-order valence-corrected chi connectivity index (χ1v) is 6.38. The Bertz CT molecular complexity index is 414. The summed E-state index contributed by atoms with van der Waals surface area (Å²) in [5.74, 6) is 0.857. The van der Waals surface area contributed by atoms with E-state index >= 15 is 0 Å². The van der Waals surface area contributed by atoms with E-state index in [2.05, 4.69) is 5.32 Å². The van der Waals surface area contributed by atoms with Crippen LogP contribution in [-0.2, 0) is 11.3 Å². The summed E-state index contributed by atoms with van der Waals surface area (Å²) in [6.45, 7) is 2.42. The van der Waals surface area contributed by atoms with E-state index in [1.165, 1.54) is 0 Å². The molecule has 1 aliphatic heterocycles. The third-order valence-corrected chi connectivity index (χ3v) is 3.45. The Kier molecular flexibility index (Phi) is 4.20. The van der Waals surface area contributed by atoms with Gasteiger partial charge in [0.05, 0.1) is 0 Å². The van der Waals surface area contributed by atoms with Gasteiger partial charge in [0.25, 0.3) is 0 Å². The number of rotatable bonds is 4. The van der Waals surface area contributed by atoms with Crippen LogP contribution in [0.3, 0.4) is 0 Å². The number of nitrogens with zero attached hydrogens (tertiary/aromatic N) is 1. The van der Waals surface area contributed by atoms with E-state index in [9.17, 15) is 9.90 Å². The molecule has 18 heavy (non-hydrogen) atoms. The van der Waals surface area contributed by atoms with Crippen molar-refractivity contribution >= 4 is 5.91 Å². The molecule has 1 amide bonds. The molecule has 98 valence electrons. The molecule has 0 radical (unpaired) electrons. The Balaban J connectivity index is 1.89. The zero-order chi connectivity index (χ0) is 13.0. The van der Waals surface area contributed by atoms with Gasteiger partial charge in [0.2, 0.25) is 5.91 Å². The van der Waals surface area contributed by atoms with Crippen molar-refractivity contribution in [3.63, 3.8) is 0 Å². The van der Waals surface area contributed by atoms with E-state index in [0.29, 0.717) is 18.9 Å². The predicted molar refractivity (Wildman–Crippen MR) is 70.2 cm³/mol. The molecule has 1 saturated heterocycles. The molecule has 2 rings (SSSR count). The summed E-state index contributed by atoms with van der Waals surface area (Å²) in [7, 11) is 1.79. The molecule has 1 atom stereocenters. The summed E-state index contributed by atoms with van der Waals surface area (Å²) in [4.78, 5) is 13.7. The van der Waals surface area contributed by atoms with Gasteiger partial charge in [-0.3, -0.25) is 4.79 Å². The van der Waals surface area contributed by atoms with Crippen molar-refractivity contribution in [2.45, 2.75) is 19.4 Å². The van der Waals surface area contributed by atoms with E-state index in [0.717, 1.165) is 25.1 Å². The molecule has 1 aromatic rings. The minimum atomic E-state index is 0.145. The fourth-order valence-corrected chi connectivity index (χ4v) is 2.28. The number of carbonyl (C=O) groups is 1. The fraction of sp³-hybridized carbons (Fsp3) is 0.500. The van der Waals surface area contributed by atoms with Crippen molar-refractivity contribution in [2.75, 3.05) is 20.1 Å². The molecule has 0 aliphatic carbocycles. The highest BCUT2D eigenvalue weighted by atomic mass is 16.3. The van der Waals surface area contributed by atoms with Crippen LogP contribution in [0.2, 0.25) is 0 Å². The third kappa shape index (κ3) is 3.23. The van der Waals surface area contributed by atoms with Crippen molar-refractivity contribution in [1.82, 2.24) is 10.2 Å². The number of aromatic hydroxyl groups is 1. The van der Waals surface area contributed by atoms with Crippen molar-refractivity contribution < 1.29 is 9.90 Å². The molecular formula is C14H20N2O2. The maximum absolute atomic E-state index is 12.0. The second-order valence-electron chi connectivity index (χ2n) is 4.94. The van der Waals surface area contributed by atoms with Gasteiger partial charge in [0.1, 0.15) is 5.75 Å². The zero-order valence-electron chi connectivity index (χ0n) is 10.7. The van der Waals surface area contributed by atoms with E-state index in [1.54, 1.807) is 24.1 Å². The highest BCUT2D eigenvalue weighted by molar-refractivity contribution is 5.76. The highest BCUT2D eigenvalue weighted by Gasteiger charge is 2.20. The average molecular weight is 248 g/mol. The lowest BCUT2D eigenvalue weighted by atomic mass is 10.0. The molecular weight excluding hydrogens is 228 g/mol. The van der Waals surface area contributed by atoms with Gasteiger partial charge in [-0.15, -0.1) is 0 Å². The number of amides is 1. The molecule has 0 spiro atoms. The van der Waals surface area contributed by atoms with Crippen LogP contribution in [0.15, 0.2) is 24.3 Å². The number of phenols is 1. The number of para-hydroxylation sites is 1. The van der Waals surface area contributed by atoms with Crippen LogP contribution in [-0.4, -0.2) is 36.1 Å². The average Bonchev–Trinajstić information content (AvgIpc) is 2.84. The van der Waals surface area contributed by atoms with Crippen LogP contribution in [0.25, 0.3) is 0 Å². The molecule has 0 saturated carbocycles. The normalized spacial score (nSPS) is 18.8. The van der Waals surface area contributed by atoms with Gasteiger partial charge in [-0.1, -0.05) is 18.2 Å². The Morgan fingerprint density at radius 1 is 1.50 bits per heavy atom. The topological polar surface area (TPSA) is 52.6 Å². The van der Waals surface area contributed by atoms with Crippen LogP contribution in [0.4, 0.5) is 0 Å². The quantitative estimate of drug-likeness (QED) is 0.845. The van der Waals surface area contributed by atoms with Gasteiger partial charge < -0.3 is 15.3 Å². The molecule has 4 nitrogen and oxygen atoms in total. The maximum Gasteiger partial charge on any atom is 0.222 e. The summed E-state index contributed by atoms with van der Waals surface area (Å²) in [5.41, 5.74) is 0.790. The number of nitrogens with one attached hydrogen (secondary N) is 1. The summed E-state index contributed by atoms with van der Waals surface area (Å²) < 4.78 is 0. The Hall–Kier alpha value is -1.55. The summed E-state index contributed by atoms with van der Waals surface area (Å²) in [6.07, 6.45) is 1.67. The summed E-state index contributed by atoms with van der Waals surface area (Å²) in [6, 6.07) is 7.14. The van der Waals surface area contributed by atoms with Crippen molar-refractivity contribution in [3.8, 4) is 5.75 Å². The lowest BCUT2D eigenvalue weighted by Crippen LogP contribution is -2.28. The van der Waals surface area contributed by atoms with Crippen molar-refractivity contribution in [2.24, 2.45) is 5.92 Å². The molecule has 4 heteroatoms. The summed E-state index contributed by atoms with van der Waals surface area (Å²) in [5, 5.41) is 12.9. The van der Waals surface area contributed by atoms with Crippen molar-refractivity contribution in [1.29, 1.82) is 0 Å². The van der Waals surface area contributed by atoms with Crippen LogP contribution >= 0.6 is 0 Å². The molecule has 1 fully saturated rings. The maximum atomic E-state index is 12.0. The second-order valence-corrected chi connectivity index (χ2v) is 4.94. The first kappa shape index (κ1) is 12.9. The minimum absolute atomic E-state index is 0.145. The van der Waals surface area contributed by atoms with Crippen molar-refractivity contribution in [3.05, 3.63) is 29.8 Å². The van der Waals surface area contributed by atoms with E-state index in [1.807, 2.05) is 12.1 Å². The smallest absolute Gasteiger partial charge is 0.222 e. The molecule has 2 N–H and O–H groups in total. The number of hydrogen-bond donors (Lipinski definition) is 2. The van der Waals surface area contributed by atoms with Gasteiger partial charge in [-0.25, -0.2) is 0 Å². The van der Waals surface area contributed by atoms with E-state index < -0.39 is 0 Å². The van der Waals surface area contributed by atoms with Gasteiger partial charge in [-0.2, -0.15) is 0 Å². The first-order valence-electron chi connectivity index (χ1n) is 6.38. The molecule has 1 unspecified atom stereocenters. The van der Waals surface area contributed by atoms with Gasteiger partial charge in [0.15, 0.2) is 0 Å². The van der Waals surface area contributed by atoms with Crippen LogP contribution in [0.5, 0.6) is 5.75 Å². The zero-order valence-corrected chi connectivity index (χ0v) is 10.7. The number of hydrogen-bond acceptors (Lipinski definition) is 3. The van der Waals surface area contributed by atoms with E-state index in [4.69, 9.17) is 0 Å². The Labute approximate surface area is 108 Å². The van der Waals surface area contributed by atoms with E-state index in [-0.39, 0.29) is 11.7 Å².